The van der Waals surface area contributed by atoms with E-state index >= 15 is 0 Å². The number of amides is 1. The molecule has 0 aromatic heterocycles. The van der Waals surface area contributed by atoms with E-state index in [9.17, 15) is 9.90 Å². The van der Waals surface area contributed by atoms with Gasteiger partial charge in [0.15, 0.2) is 0 Å². The van der Waals surface area contributed by atoms with Crippen molar-refractivity contribution in [2.45, 2.75) is 26.1 Å². The van der Waals surface area contributed by atoms with Crippen LogP contribution in [-0.4, -0.2) is 47.8 Å². The summed E-state index contributed by atoms with van der Waals surface area (Å²) in [5.41, 5.74) is 1.90. The monoisotopic (exact) mass is 309 g/mol. The lowest BCUT2D eigenvalue weighted by Gasteiger charge is -2.35. The first-order valence-corrected chi connectivity index (χ1v) is 7.37. The van der Waals surface area contributed by atoms with Gasteiger partial charge in [-0.2, -0.15) is 0 Å². The molecule has 2 rings (SSSR count). The molecular weight excluding hydrogens is 290 g/mol. The SMILES string of the molecule is Cc1ccc(/C=C/C(=O)N2CC(C)OC(CO)C2)cc1Cl. The van der Waals surface area contributed by atoms with Gasteiger partial charge in [-0.05, 0) is 37.1 Å². The molecule has 21 heavy (non-hydrogen) atoms. The molecule has 1 heterocycles. The standard InChI is InChI=1S/C16H20ClNO3/c1-11-3-4-13(7-15(11)17)5-6-16(20)18-8-12(2)21-14(9-18)10-19/h3-7,12,14,19H,8-10H2,1-2H3/b6-5+. The zero-order valence-electron chi connectivity index (χ0n) is 12.3. The fraction of sp³-hybridized carbons (Fsp3) is 0.438. The Balaban J connectivity index is 2.02. The van der Waals surface area contributed by atoms with Crippen molar-refractivity contribution in [3.63, 3.8) is 0 Å². The molecule has 1 fully saturated rings. The van der Waals surface area contributed by atoms with Crippen molar-refractivity contribution in [2.75, 3.05) is 19.7 Å². The Kier molecular flexibility index (Phi) is 5.39. The number of halogens is 1. The lowest BCUT2D eigenvalue weighted by Crippen LogP contribution is -2.49. The highest BCUT2D eigenvalue weighted by atomic mass is 35.5. The van der Waals surface area contributed by atoms with Crippen LogP contribution in [0.4, 0.5) is 0 Å². The van der Waals surface area contributed by atoms with Crippen LogP contribution in [0.5, 0.6) is 0 Å². The number of aliphatic hydroxyl groups excluding tert-OH is 1. The van der Waals surface area contributed by atoms with Crippen LogP contribution in [-0.2, 0) is 9.53 Å². The van der Waals surface area contributed by atoms with Crippen LogP contribution >= 0.6 is 11.6 Å². The zero-order valence-corrected chi connectivity index (χ0v) is 13.0. The molecular formula is C16H20ClNO3. The summed E-state index contributed by atoms with van der Waals surface area (Å²) >= 11 is 6.06. The highest BCUT2D eigenvalue weighted by molar-refractivity contribution is 6.31. The smallest absolute Gasteiger partial charge is 0.246 e. The molecule has 1 aliphatic rings. The van der Waals surface area contributed by atoms with Gasteiger partial charge in [0.25, 0.3) is 0 Å². The first kappa shape index (κ1) is 16.0. The lowest BCUT2D eigenvalue weighted by atomic mass is 10.1. The Morgan fingerprint density at radius 2 is 2.29 bits per heavy atom. The van der Waals surface area contributed by atoms with Crippen molar-refractivity contribution in [1.82, 2.24) is 4.90 Å². The molecule has 114 valence electrons. The fourth-order valence-corrected chi connectivity index (χ4v) is 2.50. The van der Waals surface area contributed by atoms with Crippen molar-refractivity contribution < 1.29 is 14.6 Å². The molecule has 1 aromatic carbocycles. The van der Waals surface area contributed by atoms with E-state index < -0.39 is 0 Å². The molecule has 1 N–H and O–H groups in total. The summed E-state index contributed by atoms with van der Waals surface area (Å²) in [4.78, 5) is 13.9. The fourth-order valence-electron chi connectivity index (χ4n) is 2.31. The van der Waals surface area contributed by atoms with E-state index in [2.05, 4.69) is 0 Å². The minimum absolute atomic E-state index is 0.0675. The number of rotatable bonds is 3. The quantitative estimate of drug-likeness (QED) is 0.871. The highest BCUT2D eigenvalue weighted by Gasteiger charge is 2.26. The summed E-state index contributed by atoms with van der Waals surface area (Å²) in [6, 6.07) is 5.67. The van der Waals surface area contributed by atoms with Gasteiger partial charge in [-0.25, -0.2) is 0 Å². The van der Waals surface area contributed by atoms with E-state index in [0.29, 0.717) is 18.1 Å². The number of nitrogens with zero attached hydrogens (tertiary/aromatic N) is 1. The minimum Gasteiger partial charge on any atom is -0.394 e. The molecule has 0 bridgehead atoms. The number of carbonyl (C=O) groups is 1. The molecule has 4 nitrogen and oxygen atoms in total. The number of ether oxygens (including phenoxy) is 1. The Hall–Kier alpha value is -1.36. The predicted octanol–water partition coefficient (Wildman–Crippen LogP) is 2.27. The highest BCUT2D eigenvalue weighted by Crippen LogP contribution is 2.18. The van der Waals surface area contributed by atoms with Crippen LogP contribution in [0.1, 0.15) is 18.1 Å². The third-order valence-corrected chi connectivity index (χ3v) is 3.86. The number of morpholine rings is 1. The molecule has 1 aromatic rings. The number of hydrogen-bond acceptors (Lipinski definition) is 3. The first-order valence-electron chi connectivity index (χ1n) is 6.99. The zero-order chi connectivity index (χ0) is 15.4. The van der Waals surface area contributed by atoms with E-state index in [0.717, 1.165) is 11.1 Å². The number of aryl methyl sites for hydroxylation is 1. The Labute approximate surface area is 130 Å². The third kappa shape index (κ3) is 4.30. The molecule has 1 saturated heterocycles. The van der Waals surface area contributed by atoms with Gasteiger partial charge in [-0.1, -0.05) is 23.7 Å². The van der Waals surface area contributed by atoms with Crippen molar-refractivity contribution in [3.8, 4) is 0 Å². The average Bonchev–Trinajstić information content (AvgIpc) is 2.47. The normalized spacial score (nSPS) is 22.8. The van der Waals surface area contributed by atoms with Crippen LogP contribution in [0, 0.1) is 6.92 Å². The second-order valence-electron chi connectivity index (χ2n) is 5.34. The molecule has 0 radical (unpaired) electrons. The number of carbonyl (C=O) groups excluding carboxylic acids is 1. The number of aliphatic hydroxyl groups is 1. The first-order chi connectivity index (χ1) is 9.99. The van der Waals surface area contributed by atoms with Gasteiger partial charge in [0.05, 0.1) is 18.8 Å². The lowest BCUT2D eigenvalue weighted by molar-refractivity contribution is -0.142. The molecule has 1 amide bonds. The third-order valence-electron chi connectivity index (χ3n) is 3.46. The van der Waals surface area contributed by atoms with Crippen LogP contribution in [0.3, 0.4) is 0 Å². The molecule has 2 atom stereocenters. The summed E-state index contributed by atoms with van der Waals surface area (Å²) in [6.45, 7) is 4.70. The van der Waals surface area contributed by atoms with Gasteiger partial charge in [-0.15, -0.1) is 0 Å². The molecule has 2 unspecified atom stereocenters. The Morgan fingerprint density at radius 1 is 1.52 bits per heavy atom. The van der Waals surface area contributed by atoms with Gasteiger partial charge in [0.2, 0.25) is 5.91 Å². The summed E-state index contributed by atoms with van der Waals surface area (Å²) < 4.78 is 5.52. The van der Waals surface area contributed by atoms with E-state index in [4.69, 9.17) is 16.3 Å². The van der Waals surface area contributed by atoms with Crippen LogP contribution < -0.4 is 0 Å². The second kappa shape index (κ2) is 7.07. The summed E-state index contributed by atoms with van der Waals surface area (Å²) in [7, 11) is 0. The Bertz CT molecular complexity index is 544. The van der Waals surface area contributed by atoms with Crippen LogP contribution in [0.25, 0.3) is 6.08 Å². The number of benzene rings is 1. The van der Waals surface area contributed by atoms with Gasteiger partial charge in [-0.3, -0.25) is 4.79 Å². The van der Waals surface area contributed by atoms with E-state index in [1.807, 2.05) is 32.0 Å². The minimum atomic E-state index is -0.306. The maximum Gasteiger partial charge on any atom is 0.246 e. The topological polar surface area (TPSA) is 49.8 Å². The Morgan fingerprint density at radius 3 is 2.95 bits per heavy atom. The van der Waals surface area contributed by atoms with Crippen LogP contribution in [0.15, 0.2) is 24.3 Å². The van der Waals surface area contributed by atoms with E-state index in [1.54, 1.807) is 11.0 Å². The second-order valence-corrected chi connectivity index (χ2v) is 5.74. The van der Waals surface area contributed by atoms with Crippen molar-refractivity contribution >= 4 is 23.6 Å². The van der Waals surface area contributed by atoms with Crippen molar-refractivity contribution in [1.29, 1.82) is 0 Å². The predicted molar refractivity (Wildman–Crippen MR) is 83.2 cm³/mol. The van der Waals surface area contributed by atoms with E-state index in [-0.39, 0.29) is 24.7 Å². The summed E-state index contributed by atoms with van der Waals surface area (Å²) in [6.07, 6.45) is 2.91. The molecule has 5 heteroatoms. The van der Waals surface area contributed by atoms with Gasteiger partial charge < -0.3 is 14.7 Å². The maximum absolute atomic E-state index is 12.2. The summed E-state index contributed by atoms with van der Waals surface area (Å²) in [5, 5.41) is 9.86. The summed E-state index contributed by atoms with van der Waals surface area (Å²) in [5.74, 6) is -0.0831. The van der Waals surface area contributed by atoms with Crippen molar-refractivity contribution in [3.05, 3.63) is 40.4 Å². The van der Waals surface area contributed by atoms with Gasteiger partial charge >= 0.3 is 0 Å². The van der Waals surface area contributed by atoms with Crippen LogP contribution in [0.2, 0.25) is 5.02 Å². The van der Waals surface area contributed by atoms with E-state index in [1.165, 1.54) is 6.08 Å². The van der Waals surface area contributed by atoms with Crippen molar-refractivity contribution in [2.24, 2.45) is 0 Å². The van der Waals surface area contributed by atoms with Gasteiger partial charge in [0, 0.05) is 24.2 Å². The maximum atomic E-state index is 12.2. The molecule has 0 spiro atoms. The average molecular weight is 310 g/mol. The molecule has 1 aliphatic heterocycles. The largest absolute Gasteiger partial charge is 0.394 e. The molecule has 0 aliphatic carbocycles. The van der Waals surface area contributed by atoms with Gasteiger partial charge in [0.1, 0.15) is 0 Å². The number of hydrogen-bond donors (Lipinski definition) is 1. The molecule has 0 saturated carbocycles.